The zero-order chi connectivity index (χ0) is 15.8. The number of methoxy groups -OCH3 is 1. The number of rotatable bonds is 4. The summed E-state index contributed by atoms with van der Waals surface area (Å²) >= 11 is 0. The number of benzene rings is 2. The van der Waals surface area contributed by atoms with E-state index in [2.05, 4.69) is 9.55 Å². The molecule has 2 heterocycles. The second-order valence-electron chi connectivity index (χ2n) is 5.48. The fourth-order valence-electron chi connectivity index (χ4n) is 2.79. The molecule has 0 aliphatic carbocycles. The van der Waals surface area contributed by atoms with Crippen molar-refractivity contribution in [3.8, 4) is 11.5 Å². The molecule has 0 spiro atoms. The Bertz CT molecular complexity index is 856. The van der Waals surface area contributed by atoms with Gasteiger partial charge in [0, 0.05) is 31.5 Å². The molecule has 0 amide bonds. The van der Waals surface area contributed by atoms with Gasteiger partial charge in [0.2, 0.25) is 6.79 Å². The summed E-state index contributed by atoms with van der Waals surface area (Å²) in [5.74, 6) is 2.35. The van der Waals surface area contributed by atoms with Crippen LogP contribution < -0.4 is 15.2 Å². The van der Waals surface area contributed by atoms with E-state index in [9.17, 15) is 0 Å². The van der Waals surface area contributed by atoms with Crippen LogP contribution in [0.3, 0.4) is 0 Å². The molecule has 0 unspecified atom stereocenters. The van der Waals surface area contributed by atoms with Gasteiger partial charge in [0.25, 0.3) is 0 Å². The van der Waals surface area contributed by atoms with E-state index in [1.54, 1.807) is 7.11 Å². The SMILES string of the molecule is COCc1nc2cc3c(cc2n1Cc1ccc(N)cc1)OCO3. The Hall–Kier alpha value is -2.73. The summed E-state index contributed by atoms with van der Waals surface area (Å²) in [6.07, 6.45) is 0. The second-order valence-corrected chi connectivity index (χ2v) is 5.48. The van der Waals surface area contributed by atoms with Crippen LogP contribution in [0.25, 0.3) is 11.0 Å². The first kappa shape index (κ1) is 13.9. The smallest absolute Gasteiger partial charge is 0.231 e. The summed E-state index contributed by atoms with van der Waals surface area (Å²) in [6.45, 7) is 1.38. The number of anilines is 1. The van der Waals surface area contributed by atoms with E-state index in [0.29, 0.717) is 13.2 Å². The minimum Gasteiger partial charge on any atom is -0.454 e. The van der Waals surface area contributed by atoms with Gasteiger partial charge in [-0.05, 0) is 17.7 Å². The molecule has 0 radical (unpaired) electrons. The molecule has 0 fully saturated rings. The molecule has 3 aromatic rings. The summed E-state index contributed by atoms with van der Waals surface area (Å²) in [6, 6.07) is 11.7. The van der Waals surface area contributed by atoms with Crippen molar-refractivity contribution < 1.29 is 14.2 Å². The summed E-state index contributed by atoms with van der Waals surface area (Å²) in [5.41, 5.74) is 9.53. The molecule has 0 atom stereocenters. The monoisotopic (exact) mass is 311 g/mol. The minimum atomic E-state index is 0.255. The molecule has 0 saturated heterocycles. The van der Waals surface area contributed by atoms with Crippen molar-refractivity contribution in [3.05, 3.63) is 47.8 Å². The highest BCUT2D eigenvalue weighted by Crippen LogP contribution is 2.36. The van der Waals surface area contributed by atoms with Crippen LogP contribution in [0.2, 0.25) is 0 Å². The van der Waals surface area contributed by atoms with Crippen molar-refractivity contribution in [1.29, 1.82) is 0 Å². The number of hydrogen-bond donors (Lipinski definition) is 1. The molecule has 1 aliphatic rings. The van der Waals surface area contributed by atoms with Crippen LogP contribution in [0.5, 0.6) is 11.5 Å². The highest BCUT2D eigenvalue weighted by molar-refractivity contribution is 5.81. The topological polar surface area (TPSA) is 71.5 Å². The lowest BCUT2D eigenvalue weighted by Crippen LogP contribution is -2.06. The van der Waals surface area contributed by atoms with Crippen LogP contribution in [0.15, 0.2) is 36.4 Å². The van der Waals surface area contributed by atoms with Gasteiger partial charge in [-0.2, -0.15) is 0 Å². The maximum absolute atomic E-state index is 5.76. The van der Waals surface area contributed by atoms with E-state index < -0.39 is 0 Å². The molecule has 118 valence electrons. The summed E-state index contributed by atoms with van der Waals surface area (Å²) in [7, 11) is 1.67. The van der Waals surface area contributed by atoms with Crippen LogP contribution in [-0.2, 0) is 17.9 Å². The summed E-state index contributed by atoms with van der Waals surface area (Å²) in [5, 5.41) is 0. The van der Waals surface area contributed by atoms with E-state index >= 15 is 0 Å². The standard InChI is InChI=1S/C17H17N3O3/c1-21-9-17-19-13-6-15-16(23-10-22-15)7-14(13)20(17)8-11-2-4-12(18)5-3-11/h2-7H,8-10,18H2,1H3. The highest BCUT2D eigenvalue weighted by Gasteiger charge is 2.19. The predicted octanol–water partition coefficient (Wildman–Crippen LogP) is 2.54. The van der Waals surface area contributed by atoms with E-state index in [1.807, 2.05) is 36.4 Å². The van der Waals surface area contributed by atoms with Crippen LogP contribution in [-0.4, -0.2) is 23.5 Å². The number of fused-ring (bicyclic) bond motifs is 2. The molecule has 1 aliphatic heterocycles. The predicted molar refractivity (Wildman–Crippen MR) is 86.5 cm³/mol. The van der Waals surface area contributed by atoms with Crippen LogP contribution in [0, 0.1) is 0 Å². The molecular weight excluding hydrogens is 294 g/mol. The first-order valence-corrected chi connectivity index (χ1v) is 7.37. The van der Waals surface area contributed by atoms with Gasteiger partial charge < -0.3 is 24.5 Å². The van der Waals surface area contributed by atoms with Gasteiger partial charge in [-0.25, -0.2) is 4.98 Å². The lowest BCUT2D eigenvalue weighted by atomic mass is 10.2. The first-order chi connectivity index (χ1) is 11.2. The summed E-state index contributed by atoms with van der Waals surface area (Å²) in [4.78, 5) is 4.67. The third-order valence-electron chi connectivity index (χ3n) is 3.92. The van der Waals surface area contributed by atoms with Crippen molar-refractivity contribution >= 4 is 16.7 Å². The number of aromatic nitrogens is 2. The van der Waals surface area contributed by atoms with Crippen molar-refractivity contribution in [1.82, 2.24) is 9.55 Å². The molecule has 4 rings (SSSR count). The fourth-order valence-corrected chi connectivity index (χ4v) is 2.79. The van der Waals surface area contributed by atoms with E-state index in [1.165, 1.54) is 0 Å². The molecule has 0 saturated carbocycles. The maximum atomic E-state index is 5.76. The lowest BCUT2D eigenvalue weighted by Gasteiger charge is -2.09. The van der Waals surface area contributed by atoms with E-state index in [-0.39, 0.29) is 6.79 Å². The normalized spacial score (nSPS) is 12.9. The second kappa shape index (κ2) is 5.48. The molecule has 0 bridgehead atoms. The Labute approximate surface area is 133 Å². The van der Waals surface area contributed by atoms with Gasteiger partial charge in [-0.15, -0.1) is 0 Å². The maximum Gasteiger partial charge on any atom is 0.231 e. The number of hydrogen-bond acceptors (Lipinski definition) is 5. The Morgan fingerprint density at radius 2 is 1.91 bits per heavy atom. The van der Waals surface area contributed by atoms with E-state index in [4.69, 9.17) is 19.9 Å². The minimum absolute atomic E-state index is 0.255. The number of ether oxygens (including phenoxy) is 3. The van der Waals surface area contributed by atoms with Crippen molar-refractivity contribution in [3.63, 3.8) is 0 Å². The Kier molecular flexibility index (Phi) is 3.31. The van der Waals surface area contributed by atoms with Crippen LogP contribution >= 0.6 is 0 Å². The van der Waals surface area contributed by atoms with Gasteiger partial charge in [0.1, 0.15) is 12.4 Å². The zero-order valence-corrected chi connectivity index (χ0v) is 12.8. The average Bonchev–Trinajstić information content (AvgIpc) is 3.12. The Balaban J connectivity index is 1.81. The van der Waals surface area contributed by atoms with Gasteiger partial charge in [0.15, 0.2) is 11.5 Å². The molecule has 6 heteroatoms. The van der Waals surface area contributed by atoms with Gasteiger partial charge >= 0.3 is 0 Å². The lowest BCUT2D eigenvalue weighted by molar-refractivity contribution is 0.173. The molecule has 1 aromatic heterocycles. The fraction of sp³-hybridized carbons (Fsp3) is 0.235. The molecule has 6 nitrogen and oxygen atoms in total. The number of nitrogens with zero attached hydrogens (tertiary/aromatic N) is 2. The third kappa shape index (κ3) is 2.47. The quantitative estimate of drug-likeness (QED) is 0.750. The number of nitrogens with two attached hydrogens (primary N) is 1. The average molecular weight is 311 g/mol. The highest BCUT2D eigenvalue weighted by atomic mass is 16.7. The Morgan fingerprint density at radius 1 is 1.17 bits per heavy atom. The van der Waals surface area contributed by atoms with Crippen molar-refractivity contribution in [2.24, 2.45) is 0 Å². The zero-order valence-electron chi connectivity index (χ0n) is 12.8. The van der Waals surface area contributed by atoms with Gasteiger partial charge in [-0.1, -0.05) is 12.1 Å². The molecular formula is C17H17N3O3. The van der Waals surface area contributed by atoms with Crippen molar-refractivity contribution in [2.75, 3.05) is 19.6 Å². The van der Waals surface area contributed by atoms with Crippen molar-refractivity contribution in [2.45, 2.75) is 13.2 Å². The first-order valence-electron chi connectivity index (χ1n) is 7.37. The largest absolute Gasteiger partial charge is 0.454 e. The third-order valence-corrected chi connectivity index (χ3v) is 3.92. The van der Waals surface area contributed by atoms with Crippen LogP contribution in [0.1, 0.15) is 11.4 Å². The summed E-state index contributed by atoms with van der Waals surface area (Å²) < 4.78 is 18.3. The number of nitrogen functional groups attached to an aromatic ring is 1. The molecule has 23 heavy (non-hydrogen) atoms. The Morgan fingerprint density at radius 3 is 2.65 bits per heavy atom. The molecule has 2 aromatic carbocycles. The van der Waals surface area contributed by atoms with E-state index in [0.717, 1.165) is 39.6 Å². The van der Waals surface area contributed by atoms with Crippen LogP contribution in [0.4, 0.5) is 5.69 Å². The van der Waals surface area contributed by atoms with Gasteiger partial charge in [-0.3, -0.25) is 0 Å². The number of imidazole rings is 1. The van der Waals surface area contributed by atoms with Gasteiger partial charge in [0.05, 0.1) is 11.0 Å². The molecule has 2 N–H and O–H groups in total.